The summed E-state index contributed by atoms with van der Waals surface area (Å²) >= 11 is 0. The van der Waals surface area contributed by atoms with E-state index in [2.05, 4.69) is 19.1 Å². The first-order valence-corrected chi connectivity index (χ1v) is 5.57. The molecule has 0 saturated heterocycles. The molecule has 1 unspecified atom stereocenters. The number of rotatable bonds is 9. The summed E-state index contributed by atoms with van der Waals surface area (Å²) in [6, 6.07) is 0.174. The minimum absolute atomic E-state index is 0.0483. The van der Waals surface area contributed by atoms with E-state index in [0.717, 1.165) is 0 Å². The van der Waals surface area contributed by atoms with Gasteiger partial charge >= 0.3 is 8.80 Å². The Morgan fingerprint density at radius 1 is 1.50 bits per heavy atom. The van der Waals surface area contributed by atoms with Crippen molar-refractivity contribution in [3.8, 4) is 0 Å². The van der Waals surface area contributed by atoms with E-state index in [1.807, 2.05) is 6.92 Å². The molecule has 0 aromatic heterocycles. The Hall–Kier alpha value is 0.0169. The molecule has 0 spiro atoms. The normalized spacial score (nSPS) is 18.0. The molecule has 3 N–H and O–H groups in total. The predicted molar refractivity (Wildman–Crippen MR) is 44.2 cm³/mol. The Balaban J connectivity index is 3.94. The van der Waals surface area contributed by atoms with Gasteiger partial charge in [0.1, 0.15) is 6.79 Å². The van der Waals surface area contributed by atoms with E-state index < -0.39 is 8.80 Å². The van der Waals surface area contributed by atoms with Gasteiger partial charge in [0.25, 0.3) is 0 Å². The van der Waals surface area contributed by atoms with Gasteiger partial charge in [0, 0.05) is 13.2 Å². The van der Waals surface area contributed by atoms with E-state index in [1.54, 1.807) is 0 Å². The van der Waals surface area contributed by atoms with Crippen LogP contribution in [0, 0.1) is 5.92 Å². The van der Waals surface area contributed by atoms with Gasteiger partial charge in [0.2, 0.25) is 0 Å². The van der Waals surface area contributed by atoms with Crippen LogP contribution >= 0.6 is 0 Å². The fourth-order valence-electron chi connectivity index (χ4n) is 0.818. The maximum Gasteiger partial charge on any atom is 0.493 e. The van der Waals surface area contributed by atoms with Crippen molar-refractivity contribution in [2.45, 2.75) is 13.0 Å². The van der Waals surface area contributed by atoms with E-state index in [9.17, 15) is 0 Å². The van der Waals surface area contributed by atoms with Crippen molar-refractivity contribution in [2.24, 2.45) is 5.92 Å². The second-order valence-electron chi connectivity index (χ2n) is 2.77. The molecule has 0 aliphatic rings. The van der Waals surface area contributed by atoms with Gasteiger partial charge in [0.15, 0.2) is 4.29 Å². The van der Waals surface area contributed by atoms with Gasteiger partial charge < -0.3 is 23.9 Å². The summed E-state index contributed by atoms with van der Waals surface area (Å²) in [5.74, 6) is -0.0483. The zero-order chi connectivity index (χ0) is 11.7. The summed E-state index contributed by atoms with van der Waals surface area (Å²) in [5, 5.41) is 0. The molecule has 74 valence electrons. The molecule has 6 heteroatoms. The van der Waals surface area contributed by atoms with Crippen molar-refractivity contribution in [3.63, 3.8) is 0 Å². The summed E-state index contributed by atoms with van der Waals surface area (Å²) in [6.07, 6.45) is 0. The van der Waals surface area contributed by atoms with Crippen LogP contribution < -0.4 is 0 Å². The highest BCUT2D eigenvalue weighted by Gasteiger charge is 2.29. The molecule has 0 saturated carbocycles. The molecule has 0 bridgehead atoms. The van der Waals surface area contributed by atoms with Gasteiger partial charge in [-0.05, 0) is 5.92 Å². The van der Waals surface area contributed by atoms with Gasteiger partial charge in [-0.2, -0.15) is 0 Å². The van der Waals surface area contributed by atoms with Crippen molar-refractivity contribution in [2.75, 3.05) is 20.5 Å². The minimum Gasteiger partial charge on any atom is -0.390 e. The molecule has 0 rings (SSSR count). The van der Waals surface area contributed by atoms with Crippen molar-refractivity contribution < 1.29 is 23.9 Å². The molecule has 0 aromatic carbocycles. The third-order valence-electron chi connectivity index (χ3n) is 1.20. The molecule has 12 heavy (non-hydrogen) atoms. The third-order valence-corrected chi connectivity index (χ3v) is 2.40. The minimum atomic E-state index is -3.46. The van der Waals surface area contributed by atoms with E-state index in [0.29, 0.717) is 6.61 Å². The van der Waals surface area contributed by atoms with Gasteiger partial charge in [-0.1, -0.05) is 6.92 Å². The Labute approximate surface area is 77.4 Å². The lowest BCUT2D eigenvalue weighted by molar-refractivity contribution is -0.0409. The number of hydrogen-bond donors (Lipinski definition) is 3. The van der Waals surface area contributed by atoms with E-state index in [4.69, 9.17) is 9.03 Å². The van der Waals surface area contributed by atoms with Crippen LogP contribution in [0.1, 0.15) is 6.92 Å². The second kappa shape index (κ2) is 5.63. The van der Waals surface area contributed by atoms with E-state index in [-0.39, 0.29) is 18.8 Å². The van der Waals surface area contributed by atoms with E-state index >= 15 is 0 Å². The van der Waals surface area contributed by atoms with Crippen LogP contribution in [0.3, 0.4) is 0 Å². The maximum absolute atomic E-state index is 6.72. The zero-order valence-electron chi connectivity index (χ0n) is 10.2. The monoisotopic (exact) mass is 202 g/mol. The SMILES string of the molecule is [3H]O[Si](CC(C)COCOC)(O[3H])O[3H]. The van der Waals surface area contributed by atoms with Gasteiger partial charge in [-0.25, -0.2) is 0 Å². The summed E-state index contributed by atoms with van der Waals surface area (Å²) in [6.45, 7) is 2.34. The second-order valence-corrected chi connectivity index (χ2v) is 4.54. The van der Waals surface area contributed by atoms with Gasteiger partial charge in [-0.15, -0.1) is 0 Å². The maximum atomic E-state index is 6.72. The lowest BCUT2D eigenvalue weighted by atomic mass is 10.2. The summed E-state index contributed by atoms with van der Waals surface area (Å²) in [4.78, 5) is 12.6. The quantitative estimate of drug-likeness (QED) is 0.258. The van der Waals surface area contributed by atoms with Crippen LogP contribution in [0.25, 0.3) is 0 Å². The zero-order valence-corrected chi connectivity index (χ0v) is 8.24. The average Bonchev–Trinajstić information content (AvgIpc) is 2.26. The smallest absolute Gasteiger partial charge is 0.390 e. The lowest BCUT2D eigenvalue weighted by Gasteiger charge is -2.15. The van der Waals surface area contributed by atoms with Crippen molar-refractivity contribution in [3.05, 3.63) is 0 Å². The Morgan fingerprint density at radius 2 is 2.17 bits per heavy atom. The fraction of sp³-hybridized carbons (Fsp3) is 1.00. The Morgan fingerprint density at radius 3 is 2.67 bits per heavy atom. The topological polar surface area (TPSA) is 79.2 Å². The molecular formula is C6H16O5Si. The van der Waals surface area contributed by atoms with Crippen LogP contribution in [0.2, 0.25) is 6.04 Å². The lowest BCUT2D eigenvalue weighted by Crippen LogP contribution is -2.37. The highest BCUT2D eigenvalue weighted by molar-refractivity contribution is 6.56. The number of ether oxygens (including phenoxy) is 2. The molecule has 0 aromatic rings. The highest BCUT2D eigenvalue weighted by Crippen LogP contribution is 2.09. The average molecular weight is 202 g/mol. The van der Waals surface area contributed by atoms with Crippen LogP contribution in [0.4, 0.5) is 0 Å². The van der Waals surface area contributed by atoms with Crippen molar-refractivity contribution in [1.29, 1.82) is 4.29 Å². The number of methoxy groups -OCH3 is 1. The molecule has 0 aliphatic heterocycles. The van der Waals surface area contributed by atoms with Gasteiger partial charge in [0.05, 0.1) is 6.61 Å². The summed E-state index contributed by atoms with van der Waals surface area (Å²) < 4.78 is 29.9. The number of hydrogen-bond acceptors (Lipinski definition) is 5. The predicted octanol–water partition coefficient (Wildman–Crippen LogP) is -0.841. The van der Waals surface area contributed by atoms with E-state index in [1.165, 1.54) is 7.11 Å². The molecule has 0 radical (unpaired) electrons. The standard InChI is InChI=1S/C6H16O5Si/c1-6(3-11-5-10-2)4-12(7,8)9/h6-9H,3-5H2,1-2H3/i7T,8T,9T. The molecule has 1 atom stereocenters. The Kier molecular flexibility index (Phi) is 3.48. The molecule has 0 heterocycles. The molecule has 5 nitrogen and oxygen atoms in total. The highest BCUT2D eigenvalue weighted by atomic mass is 28.4. The largest absolute Gasteiger partial charge is 0.493 e. The van der Waals surface area contributed by atoms with Crippen LogP contribution in [-0.2, 0) is 9.47 Å². The first kappa shape index (κ1) is 7.42. The summed E-state index contributed by atoms with van der Waals surface area (Å²) in [7, 11) is -1.95. The van der Waals surface area contributed by atoms with Gasteiger partial charge in [-0.3, -0.25) is 0 Å². The molecular weight excluding hydrogens is 180 g/mol. The van der Waals surface area contributed by atoms with Crippen LogP contribution in [0.15, 0.2) is 0 Å². The molecule has 0 fully saturated rings. The first-order valence-electron chi connectivity index (χ1n) is 4.86. The molecule has 0 amide bonds. The Bertz CT molecular complexity index is 151. The molecule has 0 aliphatic carbocycles. The van der Waals surface area contributed by atoms with Crippen molar-refractivity contribution >= 4 is 8.80 Å². The summed E-state index contributed by atoms with van der Waals surface area (Å²) in [5.41, 5.74) is 0. The van der Waals surface area contributed by atoms with Crippen molar-refractivity contribution in [1.82, 2.24) is 0 Å². The van der Waals surface area contributed by atoms with Crippen LogP contribution in [-0.4, -0.2) is 48.0 Å². The van der Waals surface area contributed by atoms with Crippen LogP contribution in [0.5, 0.6) is 0 Å². The first-order chi connectivity index (χ1) is 7.14. The third kappa shape index (κ3) is 8.12. The fourth-order valence-corrected chi connectivity index (χ4v) is 1.79.